The molecule has 0 spiro atoms. The molecule has 34 heavy (non-hydrogen) atoms. The van der Waals surface area contributed by atoms with Crippen molar-refractivity contribution in [1.82, 2.24) is 14.9 Å². The van der Waals surface area contributed by atoms with E-state index in [1.807, 2.05) is 13.0 Å². The molecule has 1 amide bonds. The highest BCUT2D eigenvalue weighted by molar-refractivity contribution is 6.32. The molecule has 0 bridgehead atoms. The monoisotopic (exact) mass is 510 g/mol. The van der Waals surface area contributed by atoms with Crippen molar-refractivity contribution in [1.29, 1.82) is 5.26 Å². The molecule has 0 atom stereocenters. The number of allylic oxidation sites excluding steroid dienone is 3. The highest BCUT2D eigenvalue weighted by Crippen LogP contribution is 2.34. The van der Waals surface area contributed by atoms with Crippen LogP contribution in [0.5, 0.6) is 11.5 Å². The van der Waals surface area contributed by atoms with Crippen LogP contribution >= 0.6 is 23.2 Å². The van der Waals surface area contributed by atoms with Crippen molar-refractivity contribution in [3.8, 4) is 17.6 Å². The fraction of sp³-hybridized carbons (Fsp3) is 0.304. The Morgan fingerprint density at radius 1 is 1.38 bits per heavy atom. The average Bonchev–Trinajstić information content (AvgIpc) is 2.78. The van der Waals surface area contributed by atoms with Crippen LogP contribution in [0, 0.1) is 11.3 Å². The molecule has 11 heteroatoms. The van der Waals surface area contributed by atoms with Crippen molar-refractivity contribution in [2.24, 2.45) is 0 Å². The van der Waals surface area contributed by atoms with Crippen molar-refractivity contribution in [3.63, 3.8) is 0 Å². The van der Waals surface area contributed by atoms with Gasteiger partial charge in [0.05, 0.1) is 24.5 Å². The van der Waals surface area contributed by atoms with Crippen LogP contribution in [-0.4, -0.2) is 22.5 Å². The molecule has 7 nitrogen and oxygen atoms in total. The number of halogens is 4. The predicted octanol–water partition coefficient (Wildman–Crippen LogP) is 5.27. The molecule has 180 valence electrons. The zero-order chi connectivity index (χ0) is 25.6. The molecular weight excluding hydrogens is 489 g/mol. The normalized spacial score (nSPS) is 12.6. The lowest BCUT2D eigenvalue weighted by molar-refractivity contribution is -0.117. The minimum Gasteiger partial charge on any atom is -0.449 e. The van der Waals surface area contributed by atoms with Gasteiger partial charge in [-0.2, -0.15) is 14.0 Å². The van der Waals surface area contributed by atoms with Gasteiger partial charge in [-0.25, -0.2) is 4.98 Å². The zero-order valence-electron chi connectivity index (χ0n) is 18.9. The average molecular weight is 511 g/mol. The molecule has 0 aliphatic heterocycles. The summed E-state index contributed by atoms with van der Waals surface area (Å²) in [5.41, 5.74) is -0.854. The summed E-state index contributed by atoms with van der Waals surface area (Å²) in [5, 5.41) is 12.0. The van der Waals surface area contributed by atoms with Gasteiger partial charge in [-0.15, -0.1) is 0 Å². The second kappa shape index (κ2) is 11.3. The Hall–Kier alpha value is -3.22. The number of alkyl halides is 2. The number of nitriles is 1. The van der Waals surface area contributed by atoms with E-state index in [4.69, 9.17) is 33.2 Å². The molecule has 0 unspecified atom stereocenters. The Kier molecular flexibility index (Phi) is 8.96. The first-order valence-electron chi connectivity index (χ1n) is 10.0. The predicted molar refractivity (Wildman–Crippen MR) is 125 cm³/mol. The number of rotatable bonds is 8. The number of hydrogen-bond donors (Lipinski definition) is 1. The van der Waals surface area contributed by atoms with Gasteiger partial charge in [-0.05, 0) is 37.6 Å². The fourth-order valence-electron chi connectivity index (χ4n) is 2.76. The standard InChI is InChI=1S/C23H22Cl2F2N4O3/c1-5-13(2)18(25)8-15(21(32)29-4)11-31-12-30-20(23(3,26)27)19(22(31)33)34-17-7-14(10-28)6-16(24)9-17/h6-9,12H,5,11H2,1-4H3,(H,29,32)/b15-8-,18-13-. The molecule has 1 aromatic carbocycles. The van der Waals surface area contributed by atoms with E-state index in [0.29, 0.717) is 18.4 Å². The number of nitrogens with zero attached hydrogens (tertiary/aromatic N) is 3. The number of carbonyl (C=O) groups excluding carboxylic acids is 1. The maximum absolute atomic E-state index is 14.2. The summed E-state index contributed by atoms with van der Waals surface area (Å²) >= 11 is 12.2. The third kappa shape index (κ3) is 6.65. The highest BCUT2D eigenvalue weighted by atomic mass is 35.5. The van der Waals surface area contributed by atoms with E-state index in [1.165, 1.54) is 31.3 Å². The van der Waals surface area contributed by atoms with Gasteiger partial charge in [0, 0.05) is 29.6 Å². The number of amides is 1. The number of ether oxygens (including phenoxy) is 1. The van der Waals surface area contributed by atoms with Crippen LogP contribution in [0.2, 0.25) is 5.02 Å². The van der Waals surface area contributed by atoms with Gasteiger partial charge < -0.3 is 10.1 Å². The lowest BCUT2D eigenvalue weighted by Crippen LogP contribution is -2.30. The SMILES string of the molecule is CC/C(C)=C(Cl)/C=C(/Cn1cnc(C(C)(F)F)c(Oc2cc(Cl)cc(C#N)c2)c1=O)C(=O)NC. The molecule has 0 aliphatic rings. The molecule has 2 aromatic rings. The first kappa shape index (κ1) is 27.0. The third-order valence-electron chi connectivity index (χ3n) is 4.73. The first-order chi connectivity index (χ1) is 15.9. The summed E-state index contributed by atoms with van der Waals surface area (Å²) in [6, 6.07) is 5.72. The van der Waals surface area contributed by atoms with Gasteiger partial charge in [0.2, 0.25) is 11.7 Å². The quantitative estimate of drug-likeness (QED) is 0.385. The summed E-state index contributed by atoms with van der Waals surface area (Å²) in [6.07, 6.45) is 2.95. The minimum absolute atomic E-state index is 0.0979. The number of nitrogens with one attached hydrogen (secondary N) is 1. The van der Waals surface area contributed by atoms with Crippen LogP contribution < -0.4 is 15.6 Å². The Morgan fingerprint density at radius 2 is 2.06 bits per heavy atom. The van der Waals surface area contributed by atoms with Gasteiger partial charge in [0.1, 0.15) is 5.75 Å². The topological polar surface area (TPSA) is 97.0 Å². The van der Waals surface area contributed by atoms with Crippen LogP contribution in [0.4, 0.5) is 8.78 Å². The van der Waals surface area contributed by atoms with Crippen LogP contribution in [0.25, 0.3) is 0 Å². The zero-order valence-corrected chi connectivity index (χ0v) is 20.4. The van der Waals surface area contributed by atoms with Crippen molar-refractivity contribution < 1.29 is 18.3 Å². The Morgan fingerprint density at radius 3 is 2.62 bits per heavy atom. The molecule has 1 heterocycles. The Bertz CT molecular complexity index is 1260. The van der Waals surface area contributed by atoms with Crippen molar-refractivity contribution in [3.05, 3.63) is 73.4 Å². The lowest BCUT2D eigenvalue weighted by atomic mass is 10.1. The molecular formula is C23H22Cl2F2N4O3. The van der Waals surface area contributed by atoms with E-state index in [-0.39, 0.29) is 28.5 Å². The minimum atomic E-state index is -3.52. The molecule has 1 N–H and O–H groups in total. The van der Waals surface area contributed by atoms with E-state index >= 15 is 0 Å². The van der Waals surface area contributed by atoms with Gasteiger partial charge in [0.15, 0.2) is 5.69 Å². The fourth-order valence-corrected chi connectivity index (χ4v) is 3.25. The Labute approximate surface area is 205 Å². The molecule has 0 aliphatic carbocycles. The summed E-state index contributed by atoms with van der Waals surface area (Å²) < 4.78 is 34.9. The lowest BCUT2D eigenvalue weighted by Gasteiger charge is -2.17. The largest absolute Gasteiger partial charge is 0.449 e. The van der Waals surface area contributed by atoms with E-state index in [9.17, 15) is 18.4 Å². The number of carbonyl (C=O) groups is 1. The number of benzene rings is 1. The number of hydrogen-bond acceptors (Lipinski definition) is 5. The second-order valence-electron chi connectivity index (χ2n) is 7.36. The van der Waals surface area contributed by atoms with Crippen molar-refractivity contribution in [2.45, 2.75) is 39.7 Å². The van der Waals surface area contributed by atoms with Crippen LogP contribution in [0.1, 0.15) is 38.4 Å². The number of likely N-dealkylation sites (N-methyl/N-ethyl adjacent to an activating group) is 1. The summed E-state index contributed by atoms with van der Waals surface area (Å²) in [5.74, 6) is -4.90. The van der Waals surface area contributed by atoms with Crippen LogP contribution in [0.3, 0.4) is 0 Å². The van der Waals surface area contributed by atoms with Gasteiger partial charge in [-0.1, -0.05) is 35.7 Å². The van der Waals surface area contributed by atoms with Crippen molar-refractivity contribution in [2.75, 3.05) is 7.05 Å². The summed E-state index contributed by atoms with van der Waals surface area (Å²) in [7, 11) is 1.41. The van der Waals surface area contributed by atoms with E-state index in [0.717, 1.165) is 16.5 Å². The van der Waals surface area contributed by atoms with E-state index in [1.54, 1.807) is 6.92 Å². The van der Waals surface area contributed by atoms with Gasteiger partial charge in [0.25, 0.3) is 11.5 Å². The van der Waals surface area contributed by atoms with E-state index in [2.05, 4.69) is 10.3 Å². The molecule has 0 radical (unpaired) electrons. The van der Waals surface area contributed by atoms with Crippen LogP contribution in [0.15, 0.2) is 51.6 Å². The maximum Gasteiger partial charge on any atom is 0.297 e. The molecule has 0 saturated carbocycles. The van der Waals surface area contributed by atoms with Crippen LogP contribution in [-0.2, 0) is 17.3 Å². The maximum atomic E-state index is 14.2. The molecule has 0 fully saturated rings. The third-order valence-corrected chi connectivity index (χ3v) is 5.38. The second-order valence-corrected chi connectivity index (χ2v) is 8.21. The first-order valence-corrected chi connectivity index (χ1v) is 10.8. The van der Waals surface area contributed by atoms with E-state index < -0.39 is 28.8 Å². The smallest absolute Gasteiger partial charge is 0.297 e. The highest BCUT2D eigenvalue weighted by Gasteiger charge is 2.33. The van der Waals surface area contributed by atoms with Gasteiger partial charge in [-0.3, -0.25) is 14.2 Å². The molecule has 2 rings (SSSR count). The van der Waals surface area contributed by atoms with Gasteiger partial charge >= 0.3 is 0 Å². The van der Waals surface area contributed by atoms with Crippen molar-refractivity contribution >= 4 is 29.1 Å². The summed E-state index contributed by atoms with van der Waals surface area (Å²) in [6.45, 7) is 3.93. The number of aromatic nitrogens is 2. The summed E-state index contributed by atoms with van der Waals surface area (Å²) in [4.78, 5) is 29.3. The Balaban J connectivity index is 2.65. The molecule has 1 aromatic heterocycles. The molecule has 0 saturated heterocycles.